The predicted molar refractivity (Wildman–Crippen MR) is 145 cm³/mol. The molecule has 0 atom stereocenters. The Kier molecular flexibility index (Phi) is 6.90. The van der Waals surface area contributed by atoms with E-state index >= 15 is 0 Å². The molecule has 3 N–H and O–H groups in total. The van der Waals surface area contributed by atoms with Crippen molar-refractivity contribution in [2.45, 2.75) is 19.8 Å². The van der Waals surface area contributed by atoms with Gasteiger partial charge in [0.2, 0.25) is 5.91 Å². The first kappa shape index (κ1) is 23.9. The van der Waals surface area contributed by atoms with E-state index in [1.807, 2.05) is 47.4 Å². The molecule has 9 nitrogen and oxygen atoms in total. The molecule has 1 aromatic heterocycles. The molecule has 2 aromatic carbocycles. The molecule has 9 heteroatoms. The van der Waals surface area contributed by atoms with Crippen LogP contribution in [-0.2, 0) is 4.79 Å². The predicted octanol–water partition coefficient (Wildman–Crippen LogP) is 4.07. The van der Waals surface area contributed by atoms with Crippen molar-refractivity contribution >= 4 is 52.1 Å². The number of hydrogen-bond acceptors (Lipinski definition) is 5. The van der Waals surface area contributed by atoms with Gasteiger partial charge in [0.25, 0.3) is 0 Å². The van der Waals surface area contributed by atoms with Crippen LogP contribution in [0.15, 0.2) is 36.4 Å². The van der Waals surface area contributed by atoms with Gasteiger partial charge in [-0.05, 0) is 55.8 Å². The van der Waals surface area contributed by atoms with Crippen molar-refractivity contribution < 1.29 is 9.59 Å². The lowest BCUT2D eigenvalue weighted by atomic mass is 10.1. The van der Waals surface area contributed by atoms with E-state index in [-0.39, 0.29) is 11.9 Å². The lowest BCUT2D eigenvalue weighted by Gasteiger charge is -2.32. The van der Waals surface area contributed by atoms with Crippen LogP contribution in [0.1, 0.15) is 31.0 Å². The van der Waals surface area contributed by atoms with Gasteiger partial charge in [0.1, 0.15) is 0 Å². The number of amides is 3. The van der Waals surface area contributed by atoms with Crippen molar-refractivity contribution in [3.8, 4) is 0 Å². The standard InChI is InChI=1S/C27H33N7O2/c1-19(35)28-25-17-22-23(30-31-24(22)18-26(25)33-10-3-4-11-33)9-8-20-6-5-7-21(16-20)29-27(36)34-14-12-32(2)13-15-34/h5-9,16-18H,3-4,10-15H2,1-2H3,(H,28,35)(H,29,36)(H,30,31). The summed E-state index contributed by atoms with van der Waals surface area (Å²) < 4.78 is 0. The molecule has 0 bridgehead atoms. The van der Waals surface area contributed by atoms with Crippen molar-refractivity contribution in [1.29, 1.82) is 0 Å². The van der Waals surface area contributed by atoms with Gasteiger partial charge in [0.05, 0.1) is 22.6 Å². The number of fused-ring (bicyclic) bond motifs is 1. The number of hydrogen-bond donors (Lipinski definition) is 3. The minimum atomic E-state index is -0.0918. The summed E-state index contributed by atoms with van der Waals surface area (Å²) in [5.74, 6) is -0.0918. The maximum absolute atomic E-state index is 12.6. The molecule has 3 amide bonds. The van der Waals surface area contributed by atoms with E-state index in [2.05, 4.69) is 43.7 Å². The second kappa shape index (κ2) is 10.4. The summed E-state index contributed by atoms with van der Waals surface area (Å²) in [6.45, 7) is 6.74. The van der Waals surface area contributed by atoms with Crippen LogP contribution < -0.4 is 15.5 Å². The smallest absolute Gasteiger partial charge is 0.321 e. The SMILES string of the molecule is CC(=O)Nc1cc2c(C=Cc3cccc(NC(=O)N4CCN(C)CC4)c3)n[nH]c2cc1N1CCCC1. The van der Waals surface area contributed by atoms with E-state index in [0.29, 0.717) is 0 Å². The second-order valence-electron chi connectivity index (χ2n) is 9.58. The van der Waals surface area contributed by atoms with Crippen molar-refractivity contribution in [2.75, 3.05) is 61.8 Å². The van der Waals surface area contributed by atoms with Crippen molar-refractivity contribution in [2.24, 2.45) is 0 Å². The molecule has 2 saturated heterocycles. The Balaban J connectivity index is 1.34. The molecule has 2 fully saturated rings. The molecule has 36 heavy (non-hydrogen) atoms. The van der Waals surface area contributed by atoms with Crippen molar-refractivity contribution in [1.82, 2.24) is 20.0 Å². The highest BCUT2D eigenvalue weighted by Crippen LogP contribution is 2.34. The molecule has 3 heterocycles. The van der Waals surface area contributed by atoms with E-state index in [1.54, 1.807) is 0 Å². The first-order valence-electron chi connectivity index (χ1n) is 12.5. The van der Waals surface area contributed by atoms with E-state index < -0.39 is 0 Å². The molecule has 2 aliphatic heterocycles. The van der Waals surface area contributed by atoms with Gasteiger partial charge >= 0.3 is 6.03 Å². The Morgan fingerprint density at radius 2 is 1.75 bits per heavy atom. The van der Waals surface area contributed by atoms with Gasteiger partial charge in [-0.15, -0.1) is 0 Å². The summed E-state index contributed by atoms with van der Waals surface area (Å²) in [5, 5.41) is 14.6. The number of nitrogens with one attached hydrogen (secondary N) is 3. The fourth-order valence-corrected chi connectivity index (χ4v) is 4.82. The molecule has 0 saturated carbocycles. The van der Waals surface area contributed by atoms with Crippen LogP contribution in [-0.4, -0.2) is 78.3 Å². The molecule has 0 aliphatic carbocycles. The van der Waals surface area contributed by atoms with Gasteiger partial charge in [-0.2, -0.15) is 5.10 Å². The van der Waals surface area contributed by atoms with Gasteiger partial charge in [0.15, 0.2) is 0 Å². The number of rotatable bonds is 5. The lowest BCUT2D eigenvalue weighted by molar-refractivity contribution is -0.114. The van der Waals surface area contributed by atoms with E-state index in [4.69, 9.17) is 0 Å². The van der Waals surface area contributed by atoms with E-state index in [1.165, 1.54) is 6.92 Å². The average molecular weight is 488 g/mol. The van der Waals surface area contributed by atoms with Gasteiger partial charge in [-0.25, -0.2) is 4.79 Å². The summed E-state index contributed by atoms with van der Waals surface area (Å²) in [6, 6.07) is 11.8. The summed E-state index contributed by atoms with van der Waals surface area (Å²) in [5.41, 5.74) is 5.27. The highest BCUT2D eigenvalue weighted by molar-refractivity contribution is 6.01. The summed E-state index contributed by atoms with van der Waals surface area (Å²) in [6.07, 6.45) is 6.24. The van der Waals surface area contributed by atoms with Gasteiger partial charge in [-0.1, -0.05) is 18.2 Å². The topological polar surface area (TPSA) is 96.6 Å². The molecule has 2 aliphatic rings. The number of H-pyrrole nitrogens is 1. The average Bonchev–Trinajstić information content (AvgIpc) is 3.53. The minimum Gasteiger partial charge on any atom is -0.370 e. The number of aromatic amines is 1. The van der Waals surface area contributed by atoms with E-state index in [9.17, 15) is 9.59 Å². The quantitative estimate of drug-likeness (QED) is 0.504. The number of aromatic nitrogens is 2. The maximum atomic E-state index is 12.6. The van der Waals surface area contributed by atoms with Crippen LogP contribution in [0.5, 0.6) is 0 Å². The van der Waals surface area contributed by atoms with Crippen LogP contribution in [0.3, 0.4) is 0 Å². The number of anilines is 3. The van der Waals surface area contributed by atoms with Crippen molar-refractivity contribution in [3.05, 3.63) is 47.7 Å². The third kappa shape index (κ3) is 5.36. The van der Waals surface area contributed by atoms with Gasteiger partial charge in [-0.3, -0.25) is 9.89 Å². The molecular weight excluding hydrogens is 454 g/mol. The van der Waals surface area contributed by atoms with Crippen LogP contribution in [0, 0.1) is 0 Å². The largest absolute Gasteiger partial charge is 0.370 e. The Hall–Kier alpha value is -3.85. The number of urea groups is 1. The Labute approximate surface area is 211 Å². The monoisotopic (exact) mass is 487 g/mol. The first-order valence-corrected chi connectivity index (χ1v) is 12.5. The van der Waals surface area contributed by atoms with Crippen molar-refractivity contribution in [3.63, 3.8) is 0 Å². The molecule has 188 valence electrons. The summed E-state index contributed by atoms with van der Waals surface area (Å²) in [4.78, 5) is 30.9. The normalized spacial score (nSPS) is 16.7. The third-order valence-corrected chi connectivity index (χ3v) is 6.83. The lowest BCUT2D eigenvalue weighted by Crippen LogP contribution is -2.48. The first-order chi connectivity index (χ1) is 17.5. The molecule has 0 spiro atoms. The number of likely N-dealkylation sites (N-methyl/N-ethyl adjacent to an activating group) is 1. The highest BCUT2D eigenvalue weighted by Gasteiger charge is 2.20. The Morgan fingerprint density at radius 3 is 2.50 bits per heavy atom. The van der Waals surface area contributed by atoms with Crippen LogP contribution in [0.2, 0.25) is 0 Å². The minimum absolute atomic E-state index is 0.0677. The van der Waals surface area contributed by atoms with Crippen LogP contribution >= 0.6 is 0 Å². The summed E-state index contributed by atoms with van der Waals surface area (Å²) in [7, 11) is 2.07. The Morgan fingerprint density at radius 1 is 0.972 bits per heavy atom. The molecule has 0 unspecified atom stereocenters. The number of carbonyl (C=O) groups excluding carboxylic acids is 2. The zero-order chi connectivity index (χ0) is 25.1. The maximum Gasteiger partial charge on any atom is 0.321 e. The van der Waals surface area contributed by atoms with Crippen LogP contribution in [0.25, 0.3) is 23.1 Å². The van der Waals surface area contributed by atoms with E-state index in [0.717, 1.165) is 91.3 Å². The zero-order valence-corrected chi connectivity index (χ0v) is 20.9. The fraction of sp³-hybridized carbons (Fsp3) is 0.370. The van der Waals surface area contributed by atoms with Crippen LogP contribution in [0.4, 0.5) is 21.9 Å². The van der Waals surface area contributed by atoms with Gasteiger partial charge in [0, 0.05) is 57.3 Å². The number of nitrogens with zero attached hydrogens (tertiary/aromatic N) is 4. The number of carbonyl (C=O) groups is 2. The number of piperazine rings is 1. The fourth-order valence-electron chi connectivity index (χ4n) is 4.82. The zero-order valence-electron chi connectivity index (χ0n) is 20.9. The molecular formula is C27H33N7O2. The highest BCUT2D eigenvalue weighted by atomic mass is 16.2. The van der Waals surface area contributed by atoms with Gasteiger partial charge < -0.3 is 25.3 Å². The Bertz CT molecular complexity index is 1280. The molecule has 5 rings (SSSR count). The summed E-state index contributed by atoms with van der Waals surface area (Å²) >= 11 is 0. The molecule has 0 radical (unpaired) electrons. The number of benzene rings is 2. The second-order valence-corrected chi connectivity index (χ2v) is 9.58. The third-order valence-electron chi connectivity index (χ3n) is 6.83. The molecule has 3 aromatic rings.